The maximum atomic E-state index is 11.9. The molecule has 0 heterocycles. The molecule has 1 aromatic rings. The van der Waals surface area contributed by atoms with Crippen molar-refractivity contribution in [1.82, 2.24) is 0 Å². The molecule has 17 heavy (non-hydrogen) atoms. The number of carbonyl (C=O) groups excluding carboxylic acids is 1. The van der Waals surface area contributed by atoms with E-state index in [0.29, 0.717) is 5.56 Å². The predicted octanol–water partition coefficient (Wildman–Crippen LogP) is 3.33. The second-order valence-electron chi connectivity index (χ2n) is 3.73. The standard InChI is InChI=1S/C12H16NO3S/c1-3-4-9-17(2)12(14)10-5-7-11(8-6-10)13(15)16/h5-8,17H,2-4,9H2,1H3. The van der Waals surface area contributed by atoms with Crippen LogP contribution >= 0.6 is 10.9 Å². The zero-order valence-corrected chi connectivity index (χ0v) is 10.7. The quantitative estimate of drug-likeness (QED) is 0.498. The van der Waals surface area contributed by atoms with Gasteiger partial charge in [-0.25, -0.2) is 0 Å². The number of non-ortho nitro benzene ring substituents is 1. The van der Waals surface area contributed by atoms with E-state index < -0.39 is 15.8 Å². The lowest BCUT2D eigenvalue weighted by Crippen LogP contribution is -2.01. The second-order valence-corrected chi connectivity index (χ2v) is 5.66. The summed E-state index contributed by atoms with van der Waals surface area (Å²) in [5.74, 6) is 0.821. The van der Waals surface area contributed by atoms with Gasteiger partial charge >= 0.3 is 0 Å². The monoisotopic (exact) mass is 254 g/mol. The molecular weight excluding hydrogens is 238 g/mol. The lowest BCUT2D eigenvalue weighted by molar-refractivity contribution is -0.384. The van der Waals surface area contributed by atoms with E-state index in [1.54, 1.807) is 0 Å². The van der Waals surface area contributed by atoms with Gasteiger partial charge in [-0.15, -0.1) is 0 Å². The Hall–Kier alpha value is -1.36. The molecule has 1 aromatic carbocycles. The molecule has 0 spiro atoms. The lowest BCUT2D eigenvalue weighted by Gasteiger charge is -2.13. The molecule has 0 saturated carbocycles. The molecule has 0 aliphatic heterocycles. The predicted molar refractivity (Wildman–Crippen MR) is 71.5 cm³/mol. The van der Waals surface area contributed by atoms with Crippen LogP contribution in [0.3, 0.4) is 0 Å². The summed E-state index contributed by atoms with van der Waals surface area (Å²) in [5.41, 5.74) is 0.524. The molecule has 1 radical (unpaired) electrons. The van der Waals surface area contributed by atoms with Gasteiger partial charge in [0.2, 0.25) is 0 Å². The summed E-state index contributed by atoms with van der Waals surface area (Å²) >= 11 is 0. The van der Waals surface area contributed by atoms with Gasteiger partial charge in [-0.2, -0.15) is 10.9 Å². The summed E-state index contributed by atoms with van der Waals surface area (Å²) in [7, 11) is -0.908. The second kappa shape index (κ2) is 6.39. The van der Waals surface area contributed by atoms with Crippen LogP contribution in [0.1, 0.15) is 30.1 Å². The average molecular weight is 254 g/mol. The van der Waals surface area contributed by atoms with Crippen LogP contribution in [0.25, 0.3) is 0 Å². The molecule has 1 unspecified atom stereocenters. The Kier molecular flexibility index (Phi) is 5.15. The van der Waals surface area contributed by atoms with Crippen molar-refractivity contribution in [2.45, 2.75) is 19.8 Å². The van der Waals surface area contributed by atoms with E-state index in [9.17, 15) is 14.9 Å². The molecule has 4 nitrogen and oxygen atoms in total. The molecular formula is C12H16NO3S. The van der Waals surface area contributed by atoms with Gasteiger partial charge in [0.1, 0.15) is 0 Å². The molecule has 0 fully saturated rings. The number of nitro benzene ring substituents is 1. The van der Waals surface area contributed by atoms with Crippen LogP contribution in [-0.2, 0) is 0 Å². The van der Waals surface area contributed by atoms with Crippen LogP contribution in [0.15, 0.2) is 24.3 Å². The van der Waals surface area contributed by atoms with Gasteiger partial charge in [-0.3, -0.25) is 14.9 Å². The molecule has 0 saturated heterocycles. The fraction of sp³-hybridized carbons (Fsp3) is 0.333. The van der Waals surface area contributed by atoms with Crippen molar-refractivity contribution < 1.29 is 9.72 Å². The van der Waals surface area contributed by atoms with Crippen molar-refractivity contribution in [3.05, 3.63) is 46.2 Å². The maximum absolute atomic E-state index is 11.9. The van der Waals surface area contributed by atoms with E-state index in [1.807, 2.05) is 0 Å². The van der Waals surface area contributed by atoms with E-state index in [0.717, 1.165) is 18.6 Å². The first-order valence-corrected chi connectivity index (χ1v) is 7.14. The van der Waals surface area contributed by atoms with Gasteiger partial charge in [0.25, 0.3) is 5.69 Å². The Bertz CT molecular complexity index is 403. The van der Waals surface area contributed by atoms with E-state index >= 15 is 0 Å². The van der Waals surface area contributed by atoms with Crippen LogP contribution in [-0.4, -0.2) is 15.8 Å². The Labute approximate surface area is 104 Å². The molecule has 0 aliphatic carbocycles. The van der Waals surface area contributed by atoms with Gasteiger partial charge in [0.15, 0.2) is 5.12 Å². The van der Waals surface area contributed by atoms with E-state index in [1.165, 1.54) is 24.3 Å². The summed E-state index contributed by atoms with van der Waals surface area (Å²) in [6.07, 6.45) is 5.93. The van der Waals surface area contributed by atoms with Crippen LogP contribution in [0.2, 0.25) is 0 Å². The fourth-order valence-corrected chi connectivity index (χ4v) is 2.77. The topological polar surface area (TPSA) is 60.2 Å². The number of rotatable bonds is 5. The molecule has 0 aromatic heterocycles. The minimum absolute atomic E-state index is 0.00324. The first kappa shape index (κ1) is 13.7. The number of nitrogens with zero attached hydrogens (tertiary/aromatic N) is 1. The van der Waals surface area contributed by atoms with Crippen LogP contribution in [0.5, 0.6) is 0 Å². The highest BCUT2D eigenvalue weighted by Gasteiger charge is 2.13. The number of hydrogen-bond donors (Lipinski definition) is 1. The van der Waals surface area contributed by atoms with Crippen LogP contribution < -0.4 is 0 Å². The Morgan fingerprint density at radius 3 is 2.47 bits per heavy atom. The smallest absolute Gasteiger partial charge is 0.269 e. The molecule has 93 valence electrons. The molecule has 0 aliphatic rings. The maximum Gasteiger partial charge on any atom is 0.269 e. The van der Waals surface area contributed by atoms with E-state index in [2.05, 4.69) is 13.2 Å². The normalized spacial score (nSPS) is 13.2. The van der Waals surface area contributed by atoms with Gasteiger partial charge in [0.05, 0.1) is 4.92 Å². The third kappa shape index (κ3) is 3.85. The molecule has 0 amide bonds. The lowest BCUT2D eigenvalue weighted by atomic mass is 10.2. The van der Waals surface area contributed by atoms with Gasteiger partial charge < -0.3 is 0 Å². The minimum Gasteiger partial charge on any atom is -0.283 e. The summed E-state index contributed by atoms with van der Waals surface area (Å²) in [6, 6.07) is 5.73. The van der Waals surface area contributed by atoms with Crippen molar-refractivity contribution >= 4 is 21.7 Å². The van der Waals surface area contributed by atoms with Gasteiger partial charge in [0, 0.05) is 17.7 Å². The van der Waals surface area contributed by atoms with Gasteiger partial charge in [-0.05, 0) is 30.6 Å². The third-order valence-corrected chi connectivity index (χ3v) is 4.08. The third-order valence-electron chi connectivity index (χ3n) is 2.39. The number of thiol groups is 1. The van der Waals surface area contributed by atoms with Crippen LogP contribution in [0.4, 0.5) is 5.69 Å². The highest BCUT2D eigenvalue weighted by Crippen LogP contribution is 2.29. The first-order valence-electron chi connectivity index (χ1n) is 5.43. The van der Waals surface area contributed by atoms with Crippen molar-refractivity contribution in [3.8, 4) is 0 Å². The highest BCUT2D eigenvalue weighted by atomic mass is 32.2. The van der Waals surface area contributed by atoms with Gasteiger partial charge in [-0.1, -0.05) is 13.3 Å². The zero-order chi connectivity index (χ0) is 12.8. The Morgan fingerprint density at radius 2 is 2.00 bits per heavy atom. The summed E-state index contributed by atoms with van der Waals surface area (Å²) in [4.78, 5) is 21.9. The van der Waals surface area contributed by atoms with Crippen molar-refractivity contribution in [2.75, 3.05) is 5.75 Å². The van der Waals surface area contributed by atoms with Crippen molar-refractivity contribution in [1.29, 1.82) is 0 Å². The average Bonchev–Trinajstić information content (AvgIpc) is 2.35. The highest BCUT2D eigenvalue weighted by molar-refractivity contribution is 8.31. The zero-order valence-electron chi connectivity index (χ0n) is 9.76. The summed E-state index contributed by atoms with van der Waals surface area (Å²) in [6.45, 7) is 2.07. The molecule has 1 rings (SSSR count). The number of carbonyl (C=O) groups is 1. The Balaban J connectivity index is 2.72. The SMILES string of the molecule is [CH2][SH](CCCC)C(=O)c1ccc([N+](=O)[O-])cc1. The van der Waals surface area contributed by atoms with Crippen LogP contribution in [0, 0.1) is 16.4 Å². The summed E-state index contributed by atoms with van der Waals surface area (Å²) < 4.78 is 0. The van der Waals surface area contributed by atoms with E-state index in [-0.39, 0.29) is 10.8 Å². The number of unbranched alkanes of at least 4 members (excludes halogenated alkanes) is 1. The van der Waals surface area contributed by atoms with Crippen molar-refractivity contribution in [3.63, 3.8) is 0 Å². The molecule has 5 heteroatoms. The molecule has 0 N–H and O–H groups in total. The van der Waals surface area contributed by atoms with E-state index in [4.69, 9.17) is 0 Å². The summed E-state index contributed by atoms with van der Waals surface area (Å²) in [5, 5.41) is 10.5. The number of nitro groups is 1. The Morgan fingerprint density at radius 1 is 1.41 bits per heavy atom. The molecule has 0 bridgehead atoms. The fourth-order valence-electron chi connectivity index (χ4n) is 1.36. The number of benzene rings is 1. The molecule has 1 atom stereocenters. The van der Waals surface area contributed by atoms with Crippen molar-refractivity contribution in [2.24, 2.45) is 0 Å². The number of hydrogen-bond acceptors (Lipinski definition) is 3. The minimum atomic E-state index is -0.908. The largest absolute Gasteiger partial charge is 0.283 e. The first-order chi connectivity index (χ1) is 8.06.